The van der Waals surface area contributed by atoms with Gasteiger partial charge in [0.15, 0.2) is 0 Å². The molecule has 0 N–H and O–H groups in total. The van der Waals surface area contributed by atoms with Gasteiger partial charge in [-0.25, -0.2) is 4.39 Å². The molecule has 0 radical (unpaired) electrons. The normalized spacial score (nSPS) is 12.3. The van der Waals surface area contributed by atoms with Crippen molar-refractivity contribution in [2.24, 2.45) is 0 Å². The van der Waals surface area contributed by atoms with Crippen molar-refractivity contribution in [2.45, 2.75) is 5.38 Å². The van der Waals surface area contributed by atoms with Crippen LogP contribution in [-0.4, -0.2) is 7.11 Å². The summed E-state index contributed by atoms with van der Waals surface area (Å²) in [6.45, 7) is 0. The third kappa shape index (κ3) is 3.22. The van der Waals surface area contributed by atoms with Crippen molar-refractivity contribution in [2.75, 3.05) is 7.11 Å². The maximum atomic E-state index is 14.0. The molecule has 100 valence electrons. The van der Waals surface area contributed by atoms with Gasteiger partial charge in [-0.3, -0.25) is 0 Å². The Kier molecular flexibility index (Phi) is 4.71. The van der Waals surface area contributed by atoms with Crippen LogP contribution in [0, 0.1) is 5.82 Å². The predicted molar refractivity (Wildman–Crippen MR) is 79.8 cm³/mol. The highest BCUT2D eigenvalue weighted by Gasteiger charge is 2.18. The van der Waals surface area contributed by atoms with Crippen molar-refractivity contribution < 1.29 is 9.13 Å². The number of hydrogen-bond donors (Lipinski definition) is 0. The summed E-state index contributed by atoms with van der Waals surface area (Å²) in [7, 11) is 1.49. The van der Waals surface area contributed by atoms with E-state index < -0.39 is 11.2 Å². The molecule has 2 rings (SSSR count). The van der Waals surface area contributed by atoms with E-state index in [0.29, 0.717) is 16.3 Å². The second kappa shape index (κ2) is 6.12. The third-order valence-corrected chi connectivity index (χ3v) is 4.14. The number of alkyl halides is 1. The Morgan fingerprint density at radius 3 is 2.53 bits per heavy atom. The van der Waals surface area contributed by atoms with Gasteiger partial charge in [-0.05, 0) is 29.8 Å². The molecule has 0 amide bonds. The molecule has 1 unspecified atom stereocenters. The highest BCUT2D eigenvalue weighted by molar-refractivity contribution is 9.10. The SMILES string of the molecule is COc1ccc(C(Cl)c2cc(Cl)ccc2Br)c(F)c1. The monoisotopic (exact) mass is 362 g/mol. The Morgan fingerprint density at radius 1 is 1.16 bits per heavy atom. The van der Waals surface area contributed by atoms with Crippen LogP contribution in [0.15, 0.2) is 40.9 Å². The van der Waals surface area contributed by atoms with Crippen molar-refractivity contribution in [3.8, 4) is 5.75 Å². The molecule has 5 heteroatoms. The van der Waals surface area contributed by atoms with E-state index >= 15 is 0 Å². The van der Waals surface area contributed by atoms with Crippen LogP contribution in [0.4, 0.5) is 4.39 Å². The highest BCUT2D eigenvalue weighted by atomic mass is 79.9. The molecule has 1 nitrogen and oxygen atoms in total. The fourth-order valence-corrected chi connectivity index (χ4v) is 2.86. The van der Waals surface area contributed by atoms with Gasteiger partial charge in [0.25, 0.3) is 0 Å². The van der Waals surface area contributed by atoms with E-state index in [-0.39, 0.29) is 0 Å². The molecule has 0 heterocycles. The molecule has 1 atom stereocenters. The van der Waals surface area contributed by atoms with Crippen LogP contribution in [0.25, 0.3) is 0 Å². The largest absolute Gasteiger partial charge is 0.497 e. The Labute approximate surface area is 129 Å². The lowest BCUT2D eigenvalue weighted by Gasteiger charge is -2.14. The van der Waals surface area contributed by atoms with Crippen LogP contribution in [0.1, 0.15) is 16.5 Å². The lowest BCUT2D eigenvalue weighted by atomic mass is 10.0. The number of methoxy groups -OCH3 is 1. The van der Waals surface area contributed by atoms with Gasteiger partial charge in [-0.15, -0.1) is 11.6 Å². The minimum absolute atomic E-state index is 0.380. The topological polar surface area (TPSA) is 9.23 Å². The molecule has 0 aliphatic carbocycles. The Morgan fingerprint density at radius 2 is 1.89 bits per heavy atom. The van der Waals surface area contributed by atoms with Gasteiger partial charge in [0, 0.05) is 21.1 Å². The Balaban J connectivity index is 2.43. The molecule has 19 heavy (non-hydrogen) atoms. The average Bonchev–Trinajstić information content (AvgIpc) is 2.40. The van der Waals surface area contributed by atoms with Crippen molar-refractivity contribution >= 4 is 39.1 Å². The van der Waals surface area contributed by atoms with E-state index in [1.807, 2.05) is 0 Å². The lowest BCUT2D eigenvalue weighted by Crippen LogP contribution is -1.99. The first kappa shape index (κ1) is 14.6. The molecule has 0 saturated heterocycles. The Hall–Kier alpha value is -0.770. The van der Waals surface area contributed by atoms with Gasteiger partial charge >= 0.3 is 0 Å². The second-order valence-corrected chi connectivity index (χ2v) is 5.64. The zero-order chi connectivity index (χ0) is 14.0. The van der Waals surface area contributed by atoms with E-state index in [1.54, 1.807) is 30.3 Å². The van der Waals surface area contributed by atoms with E-state index in [9.17, 15) is 4.39 Å². The molecular weight excluding hydrogens is 354 g/mol. The smallest absolute Gasteiger partial charge is 0.131 e. The minimum atomic E-state index is -0.626. The van der Waals surface area contributed by atoms with Crippen LogP contribution < -0.4 is 4.74 Å². The maximum absolute atomic E-state index is 14.0. The van der Waals surface area contributed by atoms with Crippen LogP contribution in [0.3, 0.4) is 0 Å². The summed E-state index contributed by atoms with van der Waals surface area (Å²) in [6.07, 6.45) is 0. The summed E-state index contributed by atoms with van der Waals surface area (Å²) in [5.74, 6) is 0.0431. The summed E-state index contributed by atoms with van der Waals surface area (Å²) in [5.41, 5.74) is 1.10. The standard InChI is InChI=1S/C14H10BrCl2FO/c1-19-9-3-4-10(13(18)7-9)14(17)11-6-8(16)2-5-12(11)15/h2-7,14H,1H3. The quantitative estimate of drug-likeness (QED) is 0.647. The molecule has 2 aromatic rings. The van der Waals surface area contributed by atoms with Gasteiger partial charge in [-0.2, -0.15) is 0 Å². The van der Waals surface area contributed by atoms with Gasteiger partial charge in [0.2, 0.25) is 0 Å². The molecule has 0 fully saturated rings. The summed E-state index contributed by atoms with van der Waals surface area (Å²) >= 11 is 15.7. The van der Waals surface area contributed by atoms with Crippen LogP contribution in [0.2, 0.25) is 5.02 Å². The minimum Gasteiger partial charge on any atom is -0.497 e. The van der Waals surface area contributed by atoms with E-state index in [1.165, 1.54) is 13.2 Å². The second-order valence-electron chi connectivity index (χ2n) is 3.92. The molecule has 0 aliphatic rings. The number of rotatable bonds is 3. The van der Waals surface area contributed by atoms with E-state index in [2.05, 4.69) is 15.9 Å². The van der Waals surface area contributed by atoms with Gasteiger partial charge in [-0.1, -0.05) is 33.6 Å². The van der Waals surface area contributed by atoms with Gasteiger partial charge in [0.05, 0.1) is 12.5 Å². The fraction of sp³-hybridized carbons (Fsp3) is 0.143. The molecular formula is C14H10BrCl2FO. The first-order valence-electron chi connectivity index (χ1n) is 5.45. The van der Waals surface area contributed by atoms with Gasteiger partial charge in [0.1, 0.15) is 11.6 Å². The van der Waals surface area contributed by atoms with Crippen LogP contribution >= 0.6 is 39.1 Å². The Bertz CT molecular complexity index is 604. The number of ether oxygens (including phenoxy) is 1. The van der Waals surface area contributed by atoms with E-state index in [0.717, 1.165) is 10.0 Å². The number of benzene rings is 2. The number of hydrogen-bond acceptors (Lipinski definition) is 1. The first-order valence-corrected chi connectivity index (χ1v) is 7.06. The predicted octanol–water partition coefficient (Wildman–Crippen LogP) is 5.58. The maximum Gasteiger partial charge on any atom is 0.131 e. The summed E-state index contributed by atoms with van der Waals surface area (Å²) in [4.78, 5) is 0. The van der Waals surface area contributed by atoms with Crippen LogP contribution in [0.5, 0.6) is 5.75 Å². The highest BCUT2D eigenvalue weighted by Crippen LogP contribution is 2.37. The third-order valence-electron chi connectivity index (χ3n) is 2.71. The van der Waals surface area contributed by atoms with E-state index in [4.69, 9.17) is 27.9 Å². The van der Waals surface area contributed by atoms with Crippen molar-refractivity contribution in [1.29, 1.82) is 0 Å². The molecule has 0 aliphatic heterocycles. The van der Waals surface area contributed by atoms with Crippen molar-refractivity contribution in [3.05, 3.63) is 62.8 Å². The fourth-order valence-electron chi connectivity index (χ4n) is 1.72. The van der Waals surface area contributed by atoms with Crippen LogP contribution in [-0.2, 0) is 0 Å². The first-order chi connectivity index (χ1) is 9.02. The summed E-state index contributed by atoms with van der Waals surface area (Å²) < 4.78 is 19.7. The zero-order valence-corrected chi connectivity index (χ0v) is 13.1. The molecule has 0 spiro atoms. The molecule has 2 aromatic carbocycles. The van der Waals surface area contributed by atoms with Crippen molar-refractivity contribution in [1.82, 2.24) is 0 Å². The lowest BCUT2D eigenvalue weighted by molar-refractivity contribution is 0.410. The zero-order valence-electron chi connectivity index (χ0n) is 9.96. The van der Waals surface area contributed by atoms with Gasteiger partial charge < -0.3 is 4.74 Å². The summed E-state index contributed by atoms with van der Waals surface area (Å²) in [5, 5.41) is -0.0725. The molecule has 0 bridgehead atoms. The van der Waals surface area contributed by atoms with Crippen molar-refractivity contribution in [3.63, 3.8) is 0 Å². The molecule has 0 aromatic heterocycles. The average molecular weight is 364 g/mol. The number of halogens is 4. The molecule has 0 saturated carbocycles. The summed E-state index contributed by atoms with van der Waals surface area (Å²) in [6, 6.07) is 9.83.